The maximum atomic E-state index is 11.9. The van der Waals surface area contributed by atoms with Crippen molar-refractivity contribution in [3.63, 3.8) is 0 Å². The quantitative estimate of drug-likeness (QED) is 0.863. The first-order chi connectivity index (χ1) is 9.93. The van der Waals surface area contributed by atoms with Crippen molar-refractivity contribution < 1.29 is 9.53 Å². The molecule has 1 aromatic carbocycles. The van der Waals surface area contributed by atoms with Crippen molar-refractivity contribution in [2.75, 3.05) is 0 Å². The number of hydrogen-bond donors (Lipinski definition) is 1. The Morgan fingerprint density at radius 2 is 1.95 bits per heavy atom. The lowest BCUT2D eigenvalue weighted by Gasteiger charge is -2.27. The smallest absolute Gasteiger partial charge is 0.347 e. The highest BCUT2D eigenvalue weighted by Gasteiger charge is 2.37. The standard InChI is InChI=1S/C16H19N3O2/c1-5-11(4)19-14(15(17)18-16(19)20)12-6-8-13(9-7-12)21-10(2)3/h1,6-11,14H,2-4H3,(H2,17,18,20). The van der Waals surface area contributed by atoms with E-state index in [0.29, 0.717) is 0 Å². The highest BCUT2D eigenvalue weighted by Crippen LogP contribution is 2.30. The summed E-state index contributed by atoms with van der Waals surface area (Å²) in [5, 5.41) is 0. The van der Waals surface area contributed by atoms with Crippen molar-refractivity contribution in [2.45, 2.75) is 39.0 Å². The van der Waals surface area contributed by atoms with Gasteiger partial charge in [-0.05, 0) is 38.5 Å². The second kappa shape index (κ2) is 5.88. The van der Waals surface area contributed by atoms with E-state index in [0.717, 1.165) is 11.3 Å². The molecule has 5 nitrogen and oxygen atoms in total. The Bertz CT molecular complexity index is 599. The molecule has 0 fully saturated rings. The SMILES string of the molecule is C#CC(C)N1C(=O)N=C(N)C1c1ccc(OC(C)C)cc1. The Morgan fingerprint density at radius 3 is 2.48 bits per heavy atom. The fourth-order valence-corrected chi connectivity index (χ4v) is 2.28. The molecule has 2 unspecified atom stereocenters. The molecule has 5 heteroatoms. The van der Waals surface area contributed by atoms with Gasteiger partial charge in [0.1, 0.15) is 17.6 Å². The molecule has 0 radical (unpaired) electrons. The van der Waals surface area contributed by atoms with Crippen LogP contribution in [0.15, 0.2) is 29.3 Å². The highest BCUT2D eigenvalue weighted by atomic mass is 16.5. The van der Waals surface area contributed by atoms with Gasteiger partial charge in [-0.2, -0.15) is 4.99 Å². The number of nitrogens with zero attached hydrogens (tertiary/aromatic N) is 2. The van der Waals surface area contributed by atoms with Crippen LogP contribution in [0, 0.1) is 12.3 Å². The summed E-state index contributed by atoms with van der Waals surface area (Å²) >= 11 is 0. The zero-order valence-electron chi connectivity index (χ0n) is 12.4. The van der Waals surface area contributed by atoms with E-state index in [9.17, 15) is 4.79 Å². The lowest BCUT2D eigenvalue weighted by molar-refractivity contribution is 0.199. The van der Waals surface area contributed by atoms with Crippen molar-refractivity contribution in [1.29, 1.82) is 0 Å². The molecule has 2 amide bonds. The molecule has 0 saturated carbocycles. The summed E-state index contributed by atoms with van der Waals surface area (Å²) in [5.74, 6) is 3.58. The average molecular weight is 285 g/mol. The van der Waals surface area contributed by atoms with Crippen molar-refractivity contribution in [1.82, 2.24) is 4.90 Å². The van der Waals surface area contributed by atoms with E-state index in [-0.39, 0.29) is 18.0 Å². The van der Waals surface area contributed by atoms with Crippen molar-refractivity contribution in [3.8, 4) is 18.1 Å². The van der Waals surface area contributed by atoms with Gasteiger partial charge in [0, 0.05) is 0 Å². The van der Waals surface area contributed by atoms with Crippen LogP contribution in [0.4, 0.5) is 4.79 Å². The number of amides is 2. The first-order valence-corrected chi connectivity index (χ1v) is 6.83. The maximum Gasteiger partial charge on any atom is 0.347 e. The van der Waals surface area contributed by atoms with E-state index in [4.69, 9.17) is 16.9 Å². The number of aliphatic imine (C=N–C) groups is 1. The molecular formula is C16H19N3O2. The van der Waals surface area contributed by atoms with Crippen LogP contribution >= 0.6 is 0 Å². The number of ether oxygens (including phenoxy) is 1. The highest BCUT2D eigenvalue weighted by molar-refractivity contribution is 6.03. The molecule has 0 spiro atoms. The molecular weight excluding hydrogens is 266 g/mol. The predicted molar refractivity (Wildman–Crippen MR) is 82.1 cm³/mol. The number of urea groups is 1. The third-order valence-corrected chi connectivity index (χ3v) is 3.23. The zero-order chi connectivity index (χ0) is 15.6. The molecule has 1 aromatic rings. The number of nitrogens with two attached hydrogens (primary N) is 1. The molecule has 0 aliphatic carbocycles. The van der Waals surface area contributed by atoms with Crippen molar-refractivity contribution >= 4 is 11.9 Å². The lowest BCUT2D eigenvalue weighted by Crippen LogP contribution is -2.38. The lowest BCUT2D eigenvalue weighted by atomic mass is 10.0. The fraction of sp³-hybridized carbons (Fsp3) is 0.375. The molecule has 2 N–H and O–H groups in total. The van der Waals surface area contributed by atoms with E-state index in [1.807, 2.05) is 38.1 Å². The molecule has 110 valence electrons. The van der Waals surface area contributed by atoms with Gasteiger partial charge in [-0.15, -0.1) is 6.42 Å². The third-order valence-electron chi connectivity index (χ3n) is 3.23. The molecule has 1 aliphatic rings. The van der Waals surface area contributed by atoms with Gasteiger partial charge in [0.05, 0.1) is 12.1 Å². The van der Waals surface area contributed by atoms with Crippen molar-refractivity contribution in [3.05, 3.63) is 29.8 Å². The van der Waals surface area contributed by atoms with E-state index in [1.54, 1.807) is 6.92 Å². The van der Waals surface area contributed by atoms with Gasteiger partial charge in [-0.25, -0.2) is 4.79 Å². The summed E-state index contributed by atoms with van der Waals surface area (Å²) in [6, 6.07) is 6.26. The first-order valence-electron chi connectivity index (χ1n) is 6.83. The Hall–Kier alpha value is -2.48. The second-order valence-corrected chi connectivity index (χ2v) is 5.21. The van der Waals surface area contributed by atoms with Crippen LogP contribution in [0.5, 0.6) is 5.75 Å². The summed E-state index contributed by atoms with van der Waals surface area (Å²) in [5.41, 5.74) is 6.75. The van der Waals surface area contributed by atoms with Gasteiger partial charge in [-0.3, -0.25) is 4.90 Å². The van der Waals surface area contributed by atoms with E-state index >= 15 is 0 Å². The Balaban J connectivity index is 2.29. The number of carbonyl (C=O) groups excluding carboxylic acids is 1. The van der Waals surface area contributed by atoms with E-state index in [1.165, 1.54) is 4.90 Å². The number of terminal acetylenes is 1. The first kappa shape index (κ1) is 14.9. The van der Waals surface area contributed by atoms with Gasteiger partial charge >= 0.3 is 6.03 Å². The van der Waals surface area contributed by atoms with Gasteiger partial charge in [-0.1, -0.05) is 18.1 Å². The van der Waals surface area contributed by atoms with Crippen LogP contribution < -0.4 is 10.5 Å². The van der Waals surface area contributed by atoms with Crippen LogP contribution in [-0.4, -0.2) is 28.9 Å². The Labute approximate surface area is 124 Å². The molecule has 2 rings (SSSR count). The molecule has 0 bridgehead atoms. The predicted octanol–water partition coefficient (Wildman–Crippen LogP) is 2.33. The van der Waals surface area contributed by atoms with Crippen LogP contribution in [0.3, 0.4) is 0 Å². The Kier molecular flexibility index (Phi) is 4.18. The molecule has 2 atom stereocenters. The molecule has 1 heterocycles. The minimum atomic E-state index is -0.420. The average Bonchev–Trinajstić information content (AvgIpc) is 2.73. The van der Waals surface area contributed by atoms with Crippen LogP contribution in [0.1, 0.15) is 32.4 Å². The Morgan fingerprint density at radius 1 is 1.33 bits per heavy atom. The molecule has 1 aliphatic heterocycles. The zero-order valence-corrected chi connectivity index (χ0v) is 12.4. The van der Waals surface area contributed by atoms with Gasteiger partial charge in [0.25, 0.3) is 0 Å². The summed E-state index contributed by atoms with van der Waals surface area (Å²) in [4.78, 5) is 17.2. The number of rotatable bonds is 4. The normalized spacial score (nSPS) is 19.4. The number of amidine groups is 1. The minimum absolute atomic E-state index is 0.105. The summed E-state index contributed by atoms with van der Waals surface area (Å²) < 4.78 is 5.60. The fourth-order valence-electron chi connectivity index (χ4n) is 2.28. The van der Waals surface area contributed by atoms with E-state index < -0.39 is 12.1 Å². The van der Waals surface area contributed by atoms with Crippen molar-refractivity contribution in [2.24, 2.45) is 10.7 Å². The topological polar surface area (TPSA) is 67.9 Å². The summed E-state index contributed by atoms with van der Waals surface area (Å²) in [6.45, 7) is 5.70. The largest absolute Gasteiger partial charge is 0.491 e. The maximum absolute atomic E-state index is 11.9. The van der Waals surface area contributed by atoms with Gasteiger partial charge < -0.3 is 10.5 Å². The minimum Gasteiger partial charge on any atom is -0.491 e. The number of carbonyl (C=O) groups is 1. The molecule has 0 saturated heterocycles. The third kappa shape index (κ3) is 3.00. The molecule has 0 aromatic heterocycles. The van der Waals surface area contributed by atoms with E-state index in [2.05, 4.69) is 10.9 Å². The second-order valence-electron chi connectivity index (χ2n) is 5.21. The monoisotopic (exact) mass is 285 g/mol. The number of hydrogen-bond acceptors (Lipinski definition) is 3. The van der Waals surface area contributed by atoms with Crippen LogP contribution in [-0.2, 0) is 0 Å². The van der Waals surface area contributed by atoms with Gasteiger partial charge in [0.15, 0.2) is 0 Å². The molecule has 21 heavy (non-hydrogen) atoms. The summed E-state index contributed by atoms with van der Waals surface area (Å²) in [6.07, 6.45) is 5.53. The van der Waals surface area contributed by atoms with Crippen LogP contribution in [0.25, 0.3) is 0 Å². The summed E-state index contributed by atoms with van der Waals surface area (Å²) in [7, 11) is 0. The number of benzene rings is 1. The van der Waals surface area contributed by atoms with Crippen LogP contribution in [0.2, 0.25) is 0 Å². The van der Waals surface area contributed by atoms with Gasteiger partial charge in [0.2, 0.25) is 0 Å².